The van der Waals surface area contributed by atoms with Crippen molar-refractivity contribution < 1.29 is 9.59 Å². The lowest BCUT2D eigenvalue weighted by Gasteiger charge is -2.31. The zero-order valence-electron chi connectivity index (χ0n) is 12.7. The van der Waals surface area contributed by atoms with E-state index < -0.39 is 0 Å². The molecule has 3 rings (SSSR count). The molecule has 118 valence electrons. The van der Waals surface area contributed by atoms with Crippen LogP contribution in [-0.4, -0.2) is 40.8 Å². The zero-order valence-corrected chi connectivity index (χ0v) is 13.6. The zero-order chi connectivity index (χ0) is 15.5. The van der Waals surface area contributed by atoms with Gasteiger partial charge >= 0.3 is 0 Å². The molecule has 1 saturated carbocycles. The molecule has 1 aromatic heterocycles. The molecular formula is C16H21N3O2S. The summed E-state index contributed by atoms with van der Waals surface area (Å²) < 4.78 is 0. The molecule has 2 heterocycles. The smallest absolute Gasteiger partial charge is 0.246 e. The van der Waals surface area contributed by atoms with Crippen LogP contribution in [0.1, 0.15) is 36.4 Å². The first-order valence-corrected chi connectivity index (χ1v) is 8.69. The van der Waals surface area contributed by atoms with E-state index in [1.807, 2.05) is 17.2 Å². The number of nitrogens with zero attached hydrogens (tertiary/aromatic N) is 2. The van der Waals surface area contributed by atoms with Crippen molar-refractivity contribution in [3.63, 3.8) is 0 Å². The van der Waals surface area contributed by atoms with Gasteiger partial charge in [0.25, 0.3) is 0 Å². The number of carbonyl (C=O) groups excluding carboxylic acids is 2. The molecule has 0 bridgehead atoms. The summed E-state index contributed by atoms with van der Waals surface area (Å²) in [4.78, 5) is 30.0. The summed E-state index contributed by atoms with van der Waals surface area (Å²) in [6, 6.07) is 0.224. The van der Waals surface area contributed by atoms with E-state index in [-0.39, 0.29) is 23.8 Å². The van der Waals surface area contributed by atoms with Gasteiger partial charge in [-0.15, -0.1) is 11.3 Å². The van der Waals surface area contributed by atoms with Gasteiger partial charge < -0.3 is 10.2 Å². The van der Waals surface area contributed by atoms with E-state index in [9.17, 15) is 9.59 Å². The highest BCUT2D eigenvalue weighted by molar-refractivity contribution is 7.09. The first-order chi connectivity index (χ1) is 10.6. The van der Waals surface area contributed by atoms with Crippen molar-refractivity contribution in [3.8, 4) is 0 Å². The van der Waals surface area contributed by atoms with E-state index in [2.05, 4.69) is 10.3 Å². The van der Waals surface area contributed by atoms with Gasteiger partial charge in [0.2, 0.25) is 11.8 Å². The lowest BCUT2D eigenvalue weighted by molar-refractivity contribution is -0.127. The average molecular weight is 319 g/mol. The normalized spacial score (nSPS) is 19.6. The monoisotopic (exact) mass is 319 g/mol. The van der Waals surface area contributed by atoms with Gasteiger partial charge in [-0.05, 0) is 38.7 Å². The summed E-state index contributed by atoms with van der Waals surface area (Å²) in [5, 5.41) is 6.04. The summed E-state index contributed by atoms with van der Waals surface area (Å²) in [6.45, 7) is 3.36. The number of rotatable bonds is 4. The predicted octanol–water partition coefficient (Wildman–Crippen LogP) is 1.98. The molecule has 0 atom stereocenters. The van der Waals surface area contributed by atoms with Crippen molar-refractivity contribution in [1.29, 1.82) is 0 Å². The Morgan fingerprint density at radius 3 is 2.64 bits per heavy atom. The van der Waals surface area contributed by atoms with Crippen molar-refractivity contribution >= 4 is 29.2 Å². The molecule has 2 aliphatic rings. The molecular weight excluding hydrogens is 298 g/mol. The minimum atomic E-state index is 0.0256. The fraction of sp³-hybridized carbons (Fsp3) is 0.562. The van der Waals surface area contributed by atoms with E-state index >= 15 is 0 Å². The predicted molar refractivity (Wildman–Crippen MR) is 86.4 cm³/mol. The molecule has 2 amide bonds. The number of piperidine rings is 1. The first kappa shape index (κ1) is 15.2. The van der Waals surface area contributed by atoms with Crippen LogP contribution in [0.3, 0.4) is 0 Å². The number of thiazole rings is 1. The quantitative estimate of drug-likeness (QED) is 0.863. The fourth-order valence-electron chi connectivity index (χ4n) is 2.63. The van der Waals surface area contributed by atoms with E-state index in [0.717, 1.165) is 36.4 Å². The van der Waals surface area contributed by atoms with Crippen molar-refractivity contribution in [3.05, 3.63) is 22.2 Å². The van der Waals surface area contributed by atoms with E-state index in [1.165, 1.54) is 0 Å². The third kappa shape index (κ3) is 3.94. The fourth-order valence-corrected chi connectivity index (χ4v) is 3.21. The molecule has 5 nitrogen and oxygen atoms in total. The van der Waals surface area contributed by atoms with Crippen LogP contribution in [-0.2, 0) is 9.59 Å². The Bertz CT molecular complexity index is 584. The van der Waals surface area contributed by atoms with Gasteiger partial charge in [-0.2, -0.15) is 0 Å². The number of hydrogen-bond donors (Lipinski definition) is 1. The summed E-state index contributed by atoms with van der Waals surface area (Å²) in [6.07, 6.45) is 7.11. The SMILES string of the molecule is Cc1nc(/C=C\C(=O)N2CCC(NC(=O)C3CC3)CC2)cs1. The molecule has 1 aliphatic carbocycles. The Balaban J connectivity index is 1.45. The van der Waals surface area contributed by atoms with Crippen LogP contribution < -0.4 is 5.32 Å². The third-order valence-corrected chi connectivity index (χ3v) is 4.93. The molecule has 0 unspecified atom stereocenters. The van der Waals surface area contributed by atoms with Crippen LogP contribution >= 0.6 is 11.3 Å². The third-order valence-electron chi connectivity index (χ3n) is 4.13. The lowest BCUT2D eigenvalue weighted by atomic mass is 10.0. The van der Waals surface area contributed by atoms with Crippen LogP contribution in [0.4, 0.5) is 0 Å². The van der Waals surface area contributed by atoms with Crippen molar-refractivity contribution in [2.45, 2.75) is 38.6 Å². The van der Waals surface area contributed by atoms with Gasteiger partial charge in [-0.1, -0.05) is 0 Å². The maximum Gasteiger partial charge on any atom is 0.246 e. The van der Waals surface area contributed by atoms with Gasteiger partial charge in [-0.25, -0.2) is 4.98 Å². The minimum absolute atomic E-state index is 0.0256. The Hall–Kier alpha value is -1.69. The number of likely N-dealkylation sites (tertiary alicyclic amines) is 1. The molecule has 1 aliphatic heterocycles. The highest BCUT2D eigenvalue weighted by Crippen LogP contribution is 2.29. The Kier molecular flexibility index (Phi) is 4.57. The number of hydrogen-bond acceptors (Lipinski definition) is 4. The highest BCUT2D eigenvalue weighted by atomic mass is 32.1. The highest BCUT2D eigenvalue weighted by Gasteiger charge is 2.32. The standard InChI is InChI=1S/C16H21N3O2S/c1-11-17-14(10-22-11)4-5-15(20)19-8-6-13(7-9-19)18-16(21)12-2-3-12/h4-5,10,12-13H,2-3,6-9H2,1H3,(H,18,21)/b5-4-. The van der Waals surface area contributed by atoms with Gasteiger partial charge in [0.05, 0.1) is 10.7 Å². The van der Waals surface area contributed by atoms with Crippen LogP contribution in [0.15, 0.2) is 11.5 Å². The molecule has 0 aromatic carbocycles. The maximum atomic E-state index is 12.2. The van der Waals surface area contributed by atoms with E-state index in [1.54, 1.807) is 23.5 Å². The second-order valence-electron chi connectivity index (χ2n) is 6.01. The molecule has 2 fully saturated rings. The van der Waals surface area contributed by atoms with Gasteiger partial charge in [-0.3, -0.25) is 9.59 Å². The summed E-state index contributed by atoms with van der Waals surface area (Å²) in [7, 11) is 0. The van der Waals surface area contributed by atoms with E-state index in [4.69, 9.17) is 0 Å². The molecule has 1 aromatic rings. The Morgan fingerprint density at radius 2 is 2.05 bits per heavy atom. The first-order valence-electron chi connectivity index (χ1n) is 7.81. The number of carbonyl (C=O) groups is 2. The molecule has 0 radical (unpaired) electrons. The Labute approximate surface area is 134 Å². The minimum Gasteiger partial charge on any atom is -0.353 e. The van der Waals surface area contributed by atoms with Crippen molar-refractivity contribution in [1.82, 2.24) is 15.2 Å². The van der Waals surface area contributed by atoms with Crippen LogP contribution in [0.25, 0.3) is 6.08 Å². The van der Waals surface area contributed by atoms with Gasteiger partial charge in [0.1, 0.15) is 0 Å². The van der Waals surface area contributed by atoms with Crippen molar-refractivity contribution in [2.75, 3.05) is 13.1 Å². The van der Waals surface area contributed by atoms with Crippen LogP contribution in [0, 0.1) is 12.8 Å². The molecule has 0 spiro atoms. The number of amides is 2. The van der Waals surface area contributed by atoms with Crippen molar-refractivity contribution in [2.24, 2.45) is 5.92 Å². The van der Waals surface area contributed by atoms with Crippen LogP contribution in [0.5, 0.6) is 0 Å². The molecule has 1 saturated heterocycles. The second kappa shape index (κ2) is 6.60. The van der Waals surface area contributed by atoms with Gasteiger partial charge in [0, 0.05) is 36.5 Å². The number of aromatic nitrogens is 1. The van der Waals surface area contributed by atoms with E-state index in [0.29, 0.717) is 13.1 Å². The number of nitrogens with one attached hydrogen (secondary N) is 1. The number of aryl methyl sites for hydroxylation is 1. The average Bonchev–Trinajstić information content (AvgIpc) is 3.29. The summed E-state index contributed by atoms with van der Waals surface area (Å²) in [5.74, 6) is 0.477. The summed E-state index contributed by atoms with van der Waals surface area (Å²) >= 11 is 1.58. The topological polar surface area (TPSA) is 62.3 Å². The Morgan fingerprint density at radius 1 is 1.32 bits per heavy atom. The van der Waals surface area contributed by atoms with Gasteiger partial charge in [0.15, 0.2) is 0 Å². The molecule has 1 N–H and O–H groups in total. The molecule has 22 heavy (non-hydrogen) atoms. The lowest BCUT2D eigenvalue weighted by Crippen LogP contribution is -2.46. The maximum absolute atomic E-state index is 12.2. The molecule has 6 heteroatoms. The summed E-state index contributed by atoms with van der Waals surface area (Å²) in [5.41, 5.74) is 0.836. The second-order valence-corrected chi connectivity index (χ2v) is 7.07. The van der Waals surface area contributed by atoms with Crippen LogP contribution in [0.2, 0.25) is 0 Å². The largest absolute Gasteiger partial charge is 0.353 e.